The van der Waals surface area contributed by atoms with Gasteiger partial charge in [-0.1, -0.05) is 41.0 Å². The second kappa shape index (κ2) is 5.20. The molecule has 0 aliphatic rings. The number of anilines is 2. The van der Waals surface area contributed by atoms with Crippen LogP contribution in [0, 0.1) is 0 Å². The lowest BCUT2D eigenvalue weighted by Crippen LogP contribution is -1.89. The molecule has 2 aromatic heterocycles. The standard InChI is InChI=1S/C16H11ClN4O/c17-10-4-3-5-11(8-10)19-16-21-20-15(22-16)13-9-18-14-7-2-1-6-12(13)14/h1-9,18H,(H,19,21). The zero-order chi connectivity index (χ0) is 14.9. The number of hydrogen-bond donors (Lipinski definition) is 2. The van der Waals surface area contributed by atoms with Crippen LogP contribution in [-0.2, 0) is 0 Å². The Morgan fingerprint density at radius 2 is 1.95 bits per heavy atom. The summed E-state index contributed by atoms with van der Waals surface area (Å²) in [7, 11) is 0. The summed E-state index contributed by atoms with van der Waals surface area (Å²) in [6.07, 6.45) is 1.86. The van der Waals surface area contributed by atoms with Crippen molar-refractivity contribution >= 4 is 34.2 Å². The Hall–Kier alpha value is -2.79. The summed E-state index contributed by atoms with van der Waals surface area (Å²) in [6.45, 7) is 0. The van der Waals surface area contributed by atoms with Crippen LogP contribution in [0.3, 0.4) is 0 Å². The first-order chi connectivity index (χ1) is 10.8. The van der Waals surface area contributed by atoms with Crippen LogP contribution in [0.4, 0.5) is 11.7 Å². The lowest BCUT2D eigenvalue weighted by molar-refractivity contribution is 0.588. The molecule has 0 bridgehead atoms. The summed E-state index contributed by atoms with van der Waals surface area (Å²) in [4.78, 5) is 3.19. The number of benzene rings is 2. The van der Waals surface area contributed by atoms with Gasteiger partial charge in [-0.05, 0) is 24.3 Å². The second-order valence-corrected chi connectivity index (χ2v) is 5.23. The molecule has 5 nitrogen and oxygen atoms in total. The van der Waals surface area contributed by atoms with E-state index in [2.05, 4.69) is 20.5 Å². The maximum Gasteiger partial charge on any atom is 0.320 e. The molecule has 2 heterocycles. The lowest BCUT2D eigenvalue weighted by Gasteiger charge is -2.00. The van der Waals surface area contributed by atoms with Crippen molar-refractivity contribution in [2.24, 2.45) is 0 Å². The number of fused-ring (bicyclic) bond motifs is 1. The Morgan fingerprint density at radius 3 is 2.86 bits per heavy atom. The summed E-state index contributed by atoms with van der Waals surface area (Å²) in [5.74, 6) is 0.460. The average Bonchev–Trinajstić information content (AvgIpc) is 3.13. The zero-order valence-corrected chi connectivity index (χ0v) is 12.1. The van der Waals surface area contributed by atoms with E-state index >= 15 is 0 Å². The predicted molar refractivity (Wildman–Crippen MR) is 86.3 cm³/mol. The quantitative estimate of drug-likeness (QED) is 0.579. The molecular formula is C16H11ClN4O. The number of para-hydroxylation sites is 1. The maximum atomic E-state index is 5.95. The smallest absolute Gasteiger partial charge is 0.320 e. The largest absolute Gasteiger partial charge is 0.403 e. The molecule has 108 valence electrons. The molecule has 4 aromatic rings. The molecule has 0 aliphatic carbocycles. The maximum absolute atomic E-state index is 5.95. The van der Waals surface area contributed by atoms with E-state index in [0.717, 1.165) is 22.2 Å². The summed E-state index contributed by atoms with van der Waals surface area (Å²) in [6, 6.07) is 15.6. The van der Waals surface area contributed by atoms with Gasteiger partial charge < -0.3 is 14.7 Å². The van der Waals surface area contributed by atoms with Crippen LogP contribution in [0.25, 0.3) is 22.4 Å². The molecule has 0 atom stereocenters. The first kappa shape index (κ1) is 12.9. The molecule has 0 fully saturated rings. The third-order valence-electron chi connectivity index (χ3n) is 3.32. The fraction of sp³-hybridized carbons (Fsp3) is 0. The molecule has 0 saturated heterocycles. The van der Waals surface area contributed by atoms with Crippen molar-refractivity contribution in [1.29, 1.82) is 0 Å². The summed E-state index contributed by atoms with van der Waals surface area (Å²) in [5.41, 5.74) is 2.70. The molecule has 0 aliphatic heterocycles. The number of H-pyrrole nitrogens is 1. The van der Waals surface area contributed by atoms with Gasteiger partial charge in [-0.25, -0.2) is 0 Å². The Labute approximate surface area is 130 Å². The summed E-state index contributed by atoms with van der Waals surface area (Å²) in [5, 5.41) is 12.8. The minimum atomic E-state index is 0.322. The molecule has 6 heteroatoms. The van der Waals surface area contributed by atoms with Crippen molar-refractivity contribution < 1.29 is 4.42 Å². The molecule has 22 heavy (non-hydrogen) atoms. The number of halogens is 1. The number of nitrogens with one attached hydrogen (secondary N) is 2. The number of hydrogen-bond acceptors (Lipinski definition) is 4. The van der Waals surface area contributed by atoms with Gasteiger partial charge in [-0.3, -0.25) is 0 Å². The Kier molecular flexibility index (Phi) is 3.05. The molecule has 0 radical (unpaired) electrons. The highest BCUT2D eigenvalue weighted by Crippen LogP contribution is 2.29. The third-order valence-corrected chi connectivity index (χ3v) is 3.56. The fourth-order valence-corrected chi connectivity index (χ4v) is 2.51. The zero-order valence-electron chi connectivity index (χ0n) is 11.4. The van der Waals surface area contributed by atoms with Gasteiger partial charge in [0, 0.05) is 27.8 Å². The van der Waals surface area contributed by atoms with Gasteiger partial charge in [0.05, 0.1) is 5.56 Å². The van der Waals surface area contributed by atoms with E-state index in [1.54, 1.807) is 12.1 Å². The van der Waals surface area contributed by atoms with Crippen LogP contribution in [0.5, 0.6) is 0 Å². The first-order valence-electron chi connectivity index (χ1n) is 6.72. The normalized spacial score (nSPS) is 11.0. The molecule has 4 rings (SSSR count). The Bertz CT molecular complexity index is 944. The van der Waals surface area contributed by atoms with Gasteiger partial charge in [0.15, 0.2) is 0 Å². The van der Waals surface area contributed by atoms with E-state index in [4.69, 9.17) is 16.0 Å². The number of rotatable bonds is 3. The minimum absolute atomic E-state index is 0.322. The Morgan fingerprint density at radius 1 is 1.05 bits per heavy atom. The molecule has 0 amide bonds. The van der Waals surface area contributed by atoms with Crippen molar-refractivity contribution in [2.45, 2.75) is 0 Å². The summed E-state index contributed by atoms with van der Waals surface area (Å²) < 4.78 is 5.68. The molecule has 0 spiro atoms. The van der Waals surface area contributed by atoms with E-state index in [0.29, 0.717) is 16.9 Å². The van der Waals surface area contributed by atoms with Gasteiger partial charge in [-0.15, -0.1) is 5.10 Å². The van der Waals surface area contributed by atoms with Crippen molar-refractivity contribution in [2.75, 3.05) is 5.32 Å². The molecular weight excluding hydrogens is 300 g/mol. The van der Waals surface area contributed by atoms with Crippen LogP contribution in [0.2, 0.25) is 5.02 Å². The van der Waals surface area contributed by atoms with E-state index < -0.39 is 0 Å². The highest BCUT2D eigenvalue weighted by Gasteiger charge is 2.13. The number of nitrogens with zero attached hydrogens (tertiary/aromatic N) is 2. The predicted octanol–water partition coefficient (Wildman–Crippen LogP) is 4.61. The van der Waals surface area contributed by atoms with E-state index in [-0.39, 0.29) is 0 Å². The van der Waals surface area contributed by atoms with Crippen molar-refractivity contribution in [3.05, 3.63) is 59.8 Å². The molecule has 0 saturated carbocycles. The second-order valence-electron chi connectivity index (χ2n) is 4.80. The molecule has 2 N–H and O–H groups in total. The van der Waals surface area contributed by atoms with E-state index in [1.165, 1.54) is 0 Å². The Balaban J connectivity index is 1.67. The average molecular weight is 311 g/mol. The van der Waals surface area contributed by atoms with Gasteiger partial charge in [0.1, 0.15) is 0 Å². The molecule has 2 aromatic carbocycles. The third kappa shape index (κ3) is 2.31. The van der Waals surface area contributed by atoms with Gasteiger partial charge in [0.2, 0.25) is 0 Å². The number of aromatic amines is 1. The van der Waals surface area contributed by atoms with Crippen LogP contribution < -0.4 is 5.32 Å². The fourth-order valence-electron chi connectivity index (χ4n) is 2.32. The topological polar surface area (TPSA) is 66.7 Å². The van der Waals surface area contributed by atoms with Crippen molar-refractivity contribution in [3.8, 4) is 11.5 Å². The highest BCUT2D eigenvalue weighted by atomic mass is 35.5. The SMILES string of the molecule is Clc1cccc(Nc2nnc(-c3c[nH]c4ccccc34)o2)c1. The van der Waals surface area contributed by atoms with E-state index in [1.807, 2.05) is 42.6 Å². The van der Waals surface area contributed by atoms with E-state index in [9.17, 15) is 0 Å². The summed E-state index contributed by atoms with van der Waals surface area (Å²) >= 11 is 5.95. The van der Waals surface area contributed by atoms with Gasteiger partial charge >= 0.3 is 6.01 Å². The highest BCUT2D eigenvalue weighted by molar-refractivity contribution is 6.30. The van der Waals surface area contributed by atoms with Gasteiger partial charge in [-0.2, -0.15) is 0 Å². The minimum Gasteiger partial charge on any atom is -0.403 e. The van der Waals surface area contributed by atoms with Gasteiger partial charge in [0.25, 0.3) is 5.89 Å². The van der Waals surface area contributed by atoms with Crippen LogP contribution >= 0.6 is 11.6 Å². The molecule has 0 unspecified atom stereocenters. The van der Waals surface area contributed by atoms with Crippen LogP contribution in [0.1, 0.15) is 0 Å². The van der Waals surface area contributed by atoms with Crippen molar-refractivity contribution in [1.82, 2.24) is 15.2 Å². The monoisotopic (exact) mass is 310 g/mol. The van der Waals surface area contributed by atoms with Crippen LogP contribution in [-0.4, -0.2) is 15.2 Å². The van der Waals surface area contributed by atoms with Crippen molar-refractivity contribution in [3.63, 3.8) is 0 Å². The number of aromatic nitrogens is 3. The lowest BCUT2D eigenvalue weighted by atomic mass is 10.2. The van der Waals surface area contributed by atoms with Crippen LogP contribution in [0.15, 0.2) is 59.1 Å². The first-order valence-corrected chi connectivity index (χ1v) is 7.10.